The molecule has 0 aliphatic carbocycles. The van der Waals surface area contributed by atoms with Crippen molar-refractivity contribution in [3.8, 4) is 0 Å². The van der Waals surface area contributed by atoms with E-state index in [1.807, 2.05) is 23.9 Å². The number of halogens is 1. The lowest BCUT2D eigenvalue weighted by Crippen LogP contribution is -2.39. The third-order valence-corrected chi connectivity index (χ3v) is 4.92. The molecule has 1 heterocycles. The molecule has 0 bridgehead atoms. The fraction of sp³-hybridized carbons (Fsp3) is 0.571. The van der Waals surface area contributed by atoms with Crippen LogP contribution in [0.15, 0.2) is 29.2 Å². The third-order valence-electron chi connectivity index (χ3n) is 3.32. The fourth-order valence-electron chi connectivity index (χ4n) is 2.22. The molecule has 1 aliphatic heterocycles. The van der Waals surface area contributed by atoms with Crippen molar-refractivity contribution < 1.29 is 0 Å². The van der Waals surface area contributed by atoms with Gasteiger partial charge in [0, 0.05) is 21.2 Å². The second-order valence-corrected chi connectivity index (χ2v) is 6.71. The van der Waals surface area contributed by atoms with Gasteiger partial charge < -0.3 is 4.90 Å². The SMILES string of the molecule is CC(C)N1CCC(Sc2ccc(Cl)cc2)CC1. The van der Waals surface area contributed by atoms with Crippen molar-refractivity contribution in [2.75, 3.05) is 13.1 Å². The summed E-state index contributed by atoms with van der Waals surface area (Å²) in [7, 11) is 0. The minimum atomic E-state index is 0.691. The fourth-order valence-corrected chi connectivity index (χ4v) is 3.47. The van der Waals surface area contributed by atoms with Crippen LogP contribution in [0.4, 0.5) is 0 Å². The minimum Gasteiger partial charge on any atom is -0.301 e. The third kappa shape index (κ3) is 3.90. The monoisotopic (exact) mass is 269 g/mol. The molecule has 1 aromatic carbocycles. The highest BCUT2D eigenvalue weighted by Gasteiger charge is 2.21. The van der Waals surface area contributed by atoms with Crippen molar-refractivity contribution in [1.82, 2.24) is 4.90 Å². The zero-order chi connectivity index (χ0) is 12.3. The Morgan fingerprint density at radius 1 is 1.18 bits per heavy atom. The number of hydrogen-bond acceptors (Lipinski definition) is 2. The van der Waals surface area contributed by atoms with E-state index in [4.69, 9.17) is 11.6 Å². The summed E-state index contributed by atoms with van der Waals surface area (Å²) in [5.41, 5.74) is 0. The molecule has 1 nitrogen and oxygen atoms in total. The maximum absolute atomic E-state index is 5.89. The van der Waals surface area contributed by atoms with E-state index in [-0.39, 0.29) is 0 Å². The van der Waals surface area contributed by atoms with Gasteiger partial charge in [-0.15, -0.1) is 11.8 Å². The first-order chi connectivity index (χ1) is 8.15. The van der Waals surface area contributed by atoms with E-state index < -0.39 is 0 Å². The predicted octanol–water partition coefficient (Wildman–Crippen LogP) is 4.30. The molecule has 1 aliphatic rings. The Labute approximate surface area is 114 Å². The van der Waals surface area contributed by atoms with Gasteiger partial charge in [0.25, 0.3) is 0 Å². The average molecular weight is 270 g/mol. The molecule has 0 spiro atoms. The summed E-state index contributed by atoms with van der Waals surface area (Å²) < 4.78 is 0. The lowest BCUT2D eigenvalue weighted by atomic mass is 10.1. The Hall–Kier alpha value is -0.180. The second-order valence-electron chi connectivity index (χ2n) is 4.90. The number of rotatable bonds is 3. The molecule has 0 aromatic heterocycles. The maximum atomic E-state index is 5.89. The Bertz CT molecular complexity index is 342. The van der Waals surface area contributed by atoms with Gasteiger partial charge in [-0.1, -0.05) is 11.6 Å². The molecule has 1 aromatic rings. The van der Waals surface area contributed by atoms with E-state index in [2.05, 4.69) is 30.9 Å². The summed E-state index contributed by atoms with van der Waals surface area (Å²) in [6.45, 7) is 7.05. The first-order valence-corrected chi connectivity index (χ1v) is 7.57. The van der Waals surface area contributed by atoms with Crippen LogP contribution in [0.1, 0.15) is 26.7 Å². The van der Waals surface area contributed by atoms with E-state index in [0.717, 1.165) is 10.3 Å². The van der Waals surface area contributed by atoms with Crippen LogP contribution in [0.5, 0.6) is 0 Å². The number of thioether (sulfide) groups is 1. The summed E-state index contributed by atoms with van der Waals surface area (Å²) in [4.78, 5) is 3.91. The van der Waals surface area contributed by atoms with Crippen molar-refractivity contribution in [1.29, 1.82) is 0 Å². The summed E-state index contributed by atoms with van der Waals surface area (Å²) in [5.74, 6) is 0. The van der Waals surface area contributed by atoms with Crippen LogP contribution in [0, 0.1) is 0 Å². The molecule has 0 amide bonds. The van der Waals surface area contributed by atoms with Crippen molar-refractivity contribution >= 4 is 23.4 Å². The Balaban J connectivity index is 1.84. The minimum absolute atomic E-state index is 0.691. The zero-order valence-corrected chi connectivity index (χ0v) is 12.1. The number of hydrogen-bond donors (Lipinski definition) is 0. The quantitative estimate of drug-likeness (QED) is 0.805. The van der Waals surface area contributed by atoms with Crippen LogP contribution in [0.3, 0.4) is 0 Å². The highest BCUT2D eigenvalue weighted by Crippen LogP contribution is 2.31. The van der Waals surface area contributed by atoms with Gasteiger partial charge in [-0.2, -0.15) is 0 Å². The molecular weight excluding hydrogens is 250 g/mol. The number of likely N-dealkylation sites (tertiary alicyclic amines) is 1. The van der Waals surface area contributed by atoms with Gasteiger partial charge in [-0.25, -0.2) is 0 Å². The van der Waals surface area contributed by atoms with Crippen LogP contribution < -0.4 is 0 Å². The van der Waals surface area contributed by atoms with Gasteiger partial charge in [0.05, 0.1) is 0 Å². The van der Waals surface area contributed by atoms with Crippen molar-refractivity contribution in [3.05, 3.63) is 29.3 Å². The van der Waals surface area contributed by atoms with Gasteiger partial charge in [-0.05, 0) is 64.0 Å². The smallest absolute Gasteiger partial charge is 0.0406 e. The van der Waals surface area contributed by atoms with Crippen molar-refractivity contribution in [2.24, 2.45) is 0 Å². The first kappa shape index (κ1) is 13.3. The molecule has 0 radical (unpaired) electrons. The Morgan fingerprint density at radius 3 is 2.29 bits per heavy atom. The van der Waals surface area contributed by atoms with Gasteiger partial charge in [0.1, 0.15) is 0 Å². The molecule has 1 fully saturated rings. The lowest BCUT2D eigenvalue weighted by Gasteiger charge is -2.34. The van der Waals surface area contributed by atoms with E-state index in [0.29, 0.717) is 6.04 Å². The summed E-state index contributed by atoms with van der Waals surface area (Å²) in [5, 5.41) is 1.59. The van der Waals surface area contributed by atoms with E-state index in [1.165, 1.54) is 30.8 Å². The number of piperidine rings is 1. The van der Waals surface area contributed by atoms with Crippen molar-refractivity contribution in [3.63, 3.8) is 0 Å². The molecule has 17 heavy (non-hydrogen) atoms. The second kappa shape index (κ2) is 6.12. The lowest BCUT2D eigenvalue weighted by molar-refractivity contribution is 0.188. The Morgan fingerprint density at radius 2 is 1.76 bits per heavy atom. The van der Waals surface area contributed by atoms with Crippen molar-refractivity contribution in [2.45, 2.75) is 42.9 Å². The predicted molar refractivity (Wildman–Crippen MR) is 77.0 cm³/mol. The van der Waals surface area contributed by atoms with Crippen LogP contribution in [-0.2, 0) is 0 Å². The van der Waals surface area contributed by atoms with E-state index in [9.17, 15) is 0 Å². The molecular formula is C14H20ClNS. The van der Waals surface area contributed by atoms with E-state index in [1.54, 1.807) is 0 Å². The highest BCUT2D eigenvalue weighted by atomic mass is 35.5. The number of nitrogens with zero attached hydrogens (tertiary/aromatic N) is 1. The van der Waals surface area contributed by atoms with Crippen LogP contribution in [0.2, 0.25) is 5.02 Å². The van der Waals surface area contributed by atoms with Crippen LogP contribution in [-0.4, -0.2) is 29.3 Å². The average Bonchev–Trinajstić information content (AvgIpc) is 2.33. The molecule has 0 saturated carbocycles. The van der Waals surface area contributed by atoms with Gasteiger partial charge in [0.15, 0.2) is 0 Å². The normalized spacial score (nSPS) is 18.8. The number of benzene rings is 1. The van der Waals surface area contributed by atoms with E-state index >= 15 is 0 Å². The summed E-state index contributed by atoms with van der Waals surface area (Å²) >= 11 is 7.89. The largest absolute Gasteiger partial charge is 0.301 e. The van der Waals surface area contributed by atoms with Gasteiger partial charge in [0.2, 0.25) is 0 Å². The highest BCUT2D eigenvalue weighted by molar-refractivity contribution is 8.00. The summed E-state index contributed by atoms with van der Waals surface area (Å²) in [6.07, 6.45) is 2.59. The van der Waals surface area contributed by atoms with Gasteiger partial charge >= 0.3 is 0 Å². The molecule has 2 rings (SSSR count). The molecule has 0 N–H and O–H groups in total. The molecule has 94 valence electrons. The summed E-state index contributed by atoms with van der Waals surface area (Å²) in [6, 6.07) is 8.90. The zero-order valence-electron chi connectivity index (χ0n) is 10.5. The molecule has 1 saturated heterocycles. The first-order valence-electron chi connectivity index (χ1n) is 6.31. The standard InChI is InChI=1S/C14H20ClNS/c1-11(2)16-9-7-14(8-10-16)17-13-5-3-12(15)4-6-13/h3-6,11,14H,7-10H2,1-2H3. The maximum Gasteiger partial charge on any atom is 0.0406 e. The van der Waals surface area contributed by atoms with Gasteiger partial charge in [-0.3, -0.25) is 0 Å². The van der Waals surface area contributed by atoms with Crippen LogP contribution >= 0.6 is 23.4 Å². The topological polar surface area (TPSA) is 3.24 Å². The molecule has 0 unspecified atom stereocenters. The van der Waals surface area contributed by atoms with Crippen LogP contribution in [0.25, 0.3) is 0 Å². The Kier molecular flexibility index (Phi) is 4.78. The molecule has 0 atom stereocenters. The molecule has 3 heteroatoms.